The van der Waals surface area contributed by atoms with Crippen molar-refractivity contribution >= 4 is 68.1 Å². The van der Waals surface area contributed by atoms with Gasteiger partial charge in [0.2, 0.25) is 0 Å². The summed E-state index contributed by atoms with van der Waals surface area (Å²) in [5.74, 6) is 2.20. The number of para-hydroxylation sites is 2. The van der Waals surface area contributed by atoms with Crippen LogP contribution in [0.2, 0.25) is 0 Å². The number of fused-ring (bicyclic) bond motifs is 4. The Morgan fingerprint density at radius 2 is 0.852 bits per heavy atom. The highest BCUT2D eigenvalue weighted by molar-refractivity contribution is 8.01. The van der Waals surface area contributed by atoms with Crippen molar-refractivity contribution in [2.24, 2.45) is 0 Å². The largest absolute Gasteiger partial charge is 0.707 e. The molecule has 0 radical (unpaired) electrons. The third-order valence-electron chi connectivity index (χ3n) is 9.55. The number of benzene rings is 9. The van der Waals surface area contributed by atoms with Gasteiger partial charge in [0, 0.05) is 5.39 Å². The SMILES string of the molecule is OB(O)Oc1cccc2ccc3cc4ccccc4cc3c12.c1ccc(Oc2ccccc2[P+](c2ccccc2)(c2ccccc2)c2ccccc2)cc1. The van der Waals surface area contributed by atoms with Crippen molar-refractivity contribution in [1.29, 1.82) is 0 Å². The van der Waals surface area contributed by atoms with Crippen LogP contribution in [-0.4, -0.2) is 17.4 Å². The van der Waals surface area contributed by atoms with Crippen molar-refractivity contribution < 1.29 is 19.4 Å². The first kappa shape index (κ1) is 34.8. The van der Waals surface area contributed by atoms with Gasteiger partial charge in [-0.3, -0.25) is 0 Å². The third-order valence-corrected chi connectivity index (χ3v) is 13.9. The topological polar surface area (TPSA) is 58.9 Å². The fraction of sp³-hybridized carbons (Fsp3) is 0. The maximum absolute atomic E-state index is 9.14. The van der Waals surface area contributed by atoms with E-state index in [1.807, 2.05) is 60.7 Å². The van der Waals surface area contributed by atoms with Gasteiger partial charge in [-0.2, -0.15) is 0 Å². The molecule has 0 spiro atoms. The van der Waals surface area contributed by atoms with E-state index in [0.717, 1.165) is 38.4 Å². The summed E-state index contributed by atoms with van der Waals surface area (Å²) in [7, 11) is -4.04. The number of ether oxygens (including phenoxy) is 1. The summed E-state index contributed by atoms with van der Waals surface area (Å²) in [5, 5.41) is 29.8. The van der Waals surface area contributed by atoms with Crippen LogP contribution >= 0.6 is 7.26 Å². The van der Waals surface area contributed by atoms with Gasteiger partial charge in [0.1, 0.15) is 34.7 Å². The summed E-state index contributed by atoms with van der Waals surface area (Å²) in [5.41, 5.74) is 0. The Morgan fingerprint density at radius 3 is 1.44 bits per heavy atom. The van der Waals surface area contributed by atoms with Crippen molar-refractivity contribution in [2.45, 2.75) is 0 Å². The second-order valence-corrected chi connectivity index (χ2v) is 16.2. The minimum Gasteiger partial charge on any atom is -0.511 e. The van der Waals surface area contributed by atoms with Gasteiger partial charge in [-0.05, 0) is 106 Å². The van der Waals surface area contributed by atoms with E-state index in [-0.39, 0.29) is 0 Å². The van der Waals surface area contributed by atoms with Crippen molar-refractivity contribution in [3.63, 3.8) is 0 Å². The van der Waals surface area contributed by atoms with Crippen LogP contribution in [0, 0.1) is 0 Å². The molecule has 0 unspecified atom stereocenters. The predicted octanol–water partition coefficient (Wildman–Crippen LogP) is 9.59. The van der Waals surface area contributed by atoms with Crippen LogP contribution in [0.3, 0.4) is 0 Å². The molecule has 0 heterocycles. The quantitative estimate of drug-likeness (QED) is 0.0711. The molecule has 54 heavy (non-hydrogen) atoms. The van der Waals surface area contributed by atoms with Crippen LogP contribution < -0.4 is 30.6 Å². The van der Waals surface area contributed by atoms with Crippen LogP contribution in [0.4, 0.5) is 0 Å². The van der Waals surface area contributed by atoms with E-state index in [9.17, 15) is 0 Å². The van der Waals surface area contributed by atoms with Crippen LogP contribution in [0.25, 0.3) is 32.3 Å². The zero-order chi connectivity index (χ0) is 36.7. The molecule has 0 bridgehead atoms. The summed E-state index contributed by atoms with van der Waals surface area (Å²) in [6.45, 7) is 0. The third kappa shape index (κ3) is 6.97. The van der Waals surface area contributed by atoms with Crippen LogP contribution in [0.5, 0.6) is 17.2 Å². The minimum absolute atomic E-state index is 0.466. The molecule has 260 valence electrons. The Balaban J connectivity index is 0.000000164. The fourth-order valence-corrected chi connectivity index (χ4v) is 11.6. The van der Waals surface area contributed by atoms with Crippen LogP contribution in [0.1, 0.15) is 0 Å². The normalized spacial score (nSPS) is 11.1. The van der Waals surface area contributed by atoms with Crippen molar-refractivity contribution in [2.75, 3.05) is 0 Å². The van der Waals surface area contributed by atoms with Gasteiger partial charge in [-0.1, -0.05) is 133 Å². The van der Waals surface area contributed by atoms with Crippen molar-refractivity contribution in [1.82, 2.24) is 0 Å². The predicted molar refractivity (Wildman–Crippen MR) is 228 cm³/mol. The zero-order valence-electron chi connectivity index (χ0n) is 29.4. The molecule has 0 saturated heterocycles. The Bertz CT molecular complexity index is 2540. The van der Waals surface area contributed by atoms with Crippen LogP contribution in [0.15, 0.2) is 212 Å². The zero-order valence-corrected chi connectivity index (χ0v) is 30.3. The van der Waals surface area contributed by atoms with Crippen LogP contribution in [-0.2, 0) is 0 Å². The monoisotopic (exact) mass is 719 g/mol. The van der Waals surface area contributed by atoms with Gasteiger partial charge in [0.15, 0.2) is 11.1 Å². The van der Waals surface area contributed by atoms with Gasteiger partial charge in [-0.25, -0.2) is 0 Å². The van der Waals surface area contributed by atoms with Gasteiger partial charge >= 0.3 is 7.32 Å². The fourth-order valence-electron chi connectivity index (χ4n) is 7.23. The van der Waals surface area contributed by atoms with Crippen molar-refractivity contribution in [3.05, 3.63) is 212 Å². The van der Waals surface area contributed by atoms with Gasteiger partial charge in [0.05, 0.1) is 0 Å². The molecule has 2 N–H and O–H groups in total. The van der Waals surface area contributed by atoms with E-state index in [0.29, 0.717) is 5.75 Å². The van der Waals surface area contributed by atoms with E-state index < -0.39 is 14.6 Å². The number of hydrogen-bond donors (Lipinski definition) is 2. The Labute approximate surface area is 316 Å². The molecular weight excluding hydrogens is 682 g/mol. The molecule has 4 nitrogen and oxygen atoms in total. The highest BCUT2D eigenvalue weighted by Crippen LogP contribution is 2.56. The molecule has 0 aliphatic carbocycles. The molecule has 0 aromatic heterocycles. The van der Waals surface area contributed by atoms with E-state index in [4.69, 9.17) is 19.4 Å². The maximum Gasteiger partial charge on any atom is 0.707 e. The van der Waals surface area contributed by atoms with Crippen molar-refractivity contribution in [3.8, 4) is 17.2 Å². The number of rotatable bonds is 8. The van der Waals surface area contributed by atoms with E-state index >= 15 is 0 Å². The highest BCUT2D eigenvalue weighted by Gasteiger charge is 2.49. The maximum atomic E-state index is 9.14. The summed E-state index contributed by atoms with van der Waals surface area (Å²) in [6, 6.07) is 73.2. The van der Waals surface area contributed by atoms with E-state index in [1.165, 1.54) is 26.6 Å². The van der Waals surface area contributed by atoms with Gasteiger partial charge in [0.25, 0.3) is 0 Å². The first-order valence-corrected chi connectivity index (χ1v) is 19.7. The molecule has 6 heteroatoms. The van der Waals surface area contributed by atoms with E-state index in [1.54, 1.807) is 6.07 Å². The lowest BCUT2D eigenvalue weighted by molar-refractivity contribution is 0.289. The molecule has 0 fully saturated rings. The standard InChI is InChI=1S/C30H24OP.C18H13BO3/c1-5-15-25(16-6-1)31-29-23-13-14-24-30(29)32(26-17-7-2-8-18-26,27-19-9-3-10-20-27)28-21-11-4-12-22-28;20-19(21)22-17-7-3-6-12-8-9-15-10-13-4-1-2-5-14(13)11-16(15)18(12)17/h1-24H;1-11,20-21H/q+1;. The summed E-state index contributed by atoms with van der Waals surface area (Å²) in [6.07, 6.45) is 0. The Hall–Kier alpha value is -6.23. The summed E-state index contributed by atoms with van der Waals surface area (Å²) >= 11 is 0. The summed E-state index contributed by atoms with van der Waals surface area (Å²) in [4.78, 5) is 0. The molecule has 0 aliphatic heterocycles. The molecule has 0 aliphatic rings. The first-order valence-electron chi connectivity index (χ1n) is 17.9. The average molecular weight is 720 g/mol. The molecule has 9 aromatic rings. The molecular formula is C48H37BO4P+. The Morgan fingerprint density at radius 1 is 0.389 bits per heavy atom. The van der Waals surface area contributed by atoms with Gasteiger partial charge in [-0.15, -0.1) is 0 Å². The first-order chi connectivity index (χ1) is 26.6. The Kier molecular flexibility index (Phi) is 10.2. The second kappa shape index (κ2) is 15.8. The molecule has 0 atom stereocenters. The molecule has 0 amide bonds. The average Bonchev–Trinajstić information content (AvgIpc) is 3.22. The van der Waals surface area contributed by atoms with Gasteiger partial charge < -0.3 is 19.4 Å². The molecule has 9 aromatic carbocycles. The molecule has 0 saturated carbocycles. The molecule has 9 rings (SSSR count). The number of hydrogen-bond acceptors (Lipinski definition) is 4. The second-order valence-electron chi connectivity index (χ2n) is 12.8. The van der Waals surface area contributed by atoms with E-state index in [2.05, 4.69) is 146 Å². The summed E-state index contributed by atoms with van der Waals surface area (Å²) < 4.78 is 11.7. The smallest absolute Gasteiger partial charge is 0.511 e. The highest BCUT2D eigenvalue weighted by atomic mass is 31.2. The lowest BCUT2D eigenvalue weighted by Gasteiger charge is -2.28. The minimum atomic E-state index is -2.21. The lowest BCUT2D eigenvalue weighted by Crippen LogP contribution is -2.39. The lowest BCUT2D eigenvalue weighted by atomic mass is 9.97.